The van der Waals surface area contributed by atoms with Crippen LogP contribution < -0.4 is 0 Å². The van der Waals surface area contributed by atoms with E-state index in [0.29, 0.717) is 32.1 Å². The minimum absolute atomic E-state index is 0.0767. The van der Waals surface area contributed by atoms with Gasteiger partial charge in [-0.05, 0) is 80.4 Å². The molecule has 7 heteroatoms. The summed E-state index contributed by atoms with van der Waals surface area (Å²) in [6, 6.07) is 0. The molecule has 0 heterocycles. The lowest BCUT2D eigenvalue weighted by atomic mass is 9.52. The summed E-state index contributed by atoms with van der Waals surface area (Å²) in [6.07, 6.45) is -1.44. The third-order valence-corrected chi connectivity index (χ3v) is 8.09. The van der Waals surface area contributed by atoms with Gasteiger partial charge in [0.25, 0.3) is 0 Å². The fraction of sp³-hybridized carbons (Fsp3) is 0.762. The van der Waals surface area contributed by atoms with E-state index >= 15 is 0 Å². The quantitative estimate of drug-likeness (QED) is 0.616. The fourth-order valence-electron chi connectivity index (χ4n) is 6.81. The van der Waals surface area contributed by atoms with Gasteiger partial charge >= 0.3 is 12.1 Å². The number of hydrogen-bond donors (Lipinski definition) is 1. The molecule has 0 aromatic carbocycles. The molecule has 0 bridgehead atoms. The van der Waals surface area contributed by atoms with Crippen molar-refractivity contribution in [3.05, 3.63) is 22.8 Å². The van der Waals surface area contributed by atoms with Crippen LogP contribution in [0, 0.1) is 17.3 Å². The molecule has 4 aliphatic rings. The number of rotatable bonds is 2. The van der Waals surface area contributed by atoms with Gasteiger partial charge in [-0.3, -0.25) is 4.79 Å². The van der Waals surface area contributed by atoms with E-state index in [1.807, 2.05) is 0 Å². The standard InChI is InChI=1S/C21H25F5O2/c1-2-18-9-7-15-14-6-4-13(27)11-12(14)3-5-16(15)17(18)8-10-19(18,28)20(22,23)21(24,25)26/h11,16-17,28H,2-10H2,1H3/t16-,17+,18+,19+/m1/s1. The van der Waals surface area contributed by atoms with Crippen LogP contribution in [-0.2, 0) is 4.79 Å². The first kappa shape index (κ1) is 20.0. The molecule has 4 rings (SSSR count). The van der Waals surface area contributed by atoms with E-state index in [0.717, 1.165) is 16.7 Å². The number of fused-ring (bicyclic) bond motifs is 4. The number of allylic oxidation sites excluding steroid dienone is 4. The van der Waals surface area contributed by atoms with Crippen molar-refractivity contribution in [2.45, 2.75) is 82.4 Å². The highest BCUT2D eigenvalue weighted by Gasteiger charge is 2.79. The molecule has 4 atom stereocenters. The lowest BCUT2D eigenvalue weighted by molar-refractivity contribution is -0.364. The van der Waals surface area contributed by atoms with Gasteiger partial charge in [-0.2, -0.15) is 22.0 Å². The Kier molecular flexibility index (Phi) is 4.39. The lowest BCUT2D eigenvalue weighted by Gasteiger charge is -2.55. The van der Waals surface area contributed by atoms with Gasteiger partial charge in [-0.1, -0.05) is 12.5 Å². The molecule has 2 fully saturated rings. The molecular formula is C21H25F5O2. The van der Waals surface area contributed by atoms with Crippen LogP contribution in [0.5, 0.6) is 0 Å². The molecule has 0 aromatic rings. The first-order chi connectivity index (χ1) is 13.0. The zero-order valence-electron chi connectivity index (χ0n) is 15.8. The Morgan fingerprint density at radius 2 is 1.79 bits per heavy atom. The number of carbonyl (C=O) groups excluding carboxylic acids is 1. The maximum Gasteiger partial charge on any atom is 0.456 e. The summed E-state index contributed by atoms with van der Waals surface area (Å²) in [6.45, 7) is 1.63. The van der Waals surface area contributed by atoms with Gasteiger partial charge in [-0.25, -0.2) is 0 Å². The number of halogens is 5. The summed E-state index contributed by atoms with van der Waals surface area (Å²) in [5.41, 5.74) is -1.23. The highest BCUT2D eigenvalue weighted by molar-refractivity contribution is 5.93. The first-order valence-corrected chi connectivity index (χ1v) is 10.1. The van der Waals surface area contributed by atoms with E-state index in [2.05, 4.69) is 0 Å². The molecule has 0 unspecified atom stereocenters. The van der Waals surface area contributed by atoms with Gasteiger partial charge in [0, 0.05) is 11.8 Å². The van der Waals surface area contributed by atoms with Crippen LogP contribution >= 0.6 is 0 Å². The molecule has 0 saturated heterocycles. The van der Waals surface area contributed by atoms with Crippen molar-refractivity contribution in [3.63, 3.8) is 0 Å². The minimum Gasteiger partial charge on any atom is -0.383 e. The van der Waals surface area contributed by atoms with E-state index in [4.69, 9.17) is 0 Å². The Labute approximate surface area is 160 Å². The van der Waals surface area contributed by atoms with Crippen LogP contribution in [0.2, 0.25) is 0 Å². The van der Waals surface area contributed by atoms with Gasteiger partial charge < -0.3 is 5.11 Å². The Bertz CT molecular complexity index is 765. The molecule has 2 saturated carbocycles. The summed E-state index contributed by atoms with van der Waals surface area (Å²) in [5, 5.41) is 10.9. The summed E-state index contributed by atoms with van der Waals surface area (Å²) < 4.78 is 68.7. The predicted molar refractivity (Wildman–Crippen MR) is 92.7 cm³/mol. The number of hydrogen-bond acceptors (Lipinski definition) is 2. The van der Waals surface area contributed by atoms with Crippen LogP contribution in [-0.4, -0.2) is 28.6 Å². The van der Waals surface area contributed by atoms with Crippen molar-refractivity contribution in [1.82, 2.24) is 0 Å². The second kappa shape index (κ2) is 6.13. The molecule has 0 aliphatic heterocycles. The number of aliphatic hydroxyl groups is 1. The van der Waals surface area contributed by atoms with Crippen LogP contribution in [0.3, 0.4) is 0 Å². The Balaban J connectivity index is 1.77. The van der Waals surface area contributed by atoms with E-state index in [-0.39, 0.29) is 36.9 Å². The Morgan fingerprint density at radius 3 is 2.43 bits per heavy atom. The maximum atomic E-state index is 14.5. The zero-order chi connectivity index (χ0) is 20.5. The molecule has 2 nitrogen and oxygen atoms in total. The van der Waals surface area contributed by atoms with Gasteiger partial charge in [-0.15, -0.1) is 0 Å². The van der Waals surface area contributed by atoms with Crippen LogP contribution in [0.25, 0.3) is 0 Å². The molecule has 1 N–H and O–H groups in total. The molecule has 28 heavy (non-hydrogen) atoms. The van der Waals surface area contributed by atoms with Gasteiger partial charge in [0.05, 0.1) is 0 Å². The molecule has 0 radical (unpaired) electrons. The van der Waals surface area contributed by atoms with E-state index in [1.165, 1.54) is 0 Å². The van der Waals surface area contributed by atoms with Crippen molar-refractivity contribution in [1.29, 1.82) is 0 Å². The zero-order valence-corrected chi connectivity index (χ0v) is 15.8. The summed E-state index contributed by atoms with van der Waals surface area (Å²) in [7, 11) is 0. The van der Waals surface area contributed by atoms with E-state index in [1.54, 1.807) is 13.0 Å². The SMILES string of the molecule is CC[C@]12CCC3=C4CCC(=O)C=C4CC[C@H]3[C@@H]1CC[C@@]2(O)C(F)(F)C(F)(F)F. The number of carbonyl (C=O) groups is 1. The molecule has 4 aliphatic carbocycles. The average molecular weight is 404 g/mol. The molecule has 0 spiro atoms. The summed E-state index contributed by atoms with van der Waals surface area (Å²) >= 11 is 0. The molecule has 0 amide bonds. The Morgan fingerprint density at radius 1 is 1.07 bits per heavy atom. The van der Waals surface area contributed by atoms with Crippen molar-refractivity contribution < 1.29 is 31.9 Å². The predicted octanol–water partition coefficient (Wildman–Crippen LogP) is 5.51. The third-order valence-electron chi connectivity index (χ3n) is 8.09. The van der Waals surface area contributed by atoms with Crippen molar-refractivity contribution >= 4 is 5.78 Å². The molecule has 0 aromatic heterocycles. The number of ketones is 1. The lowest BCUT2D eigenvalue weighted by Crippen LogP contribution is -2.65. The smallest absolute Gasteiger partial charge is 0.383 e. The highest BCUT2D eigenvalue weighted by atomic mass is 19.4. The van der Waals surface area contributed by atoms with Crippen LogP contribution in [0.4, 0.5) is 22.0 Å². The minimum atomic E-state index is -5.77. The van der Waals surface area contributed by atoms with E-state index in [9.17, 15) is 31.9 Å². The summed E-state index contributed by atoms with van der Waals surface area (Å²) in [4.78, 5) is 11.7. The Hall–Kier alpha value is -1.24. The van der Waals surface area contributed by atoms with Gasteiger partial charge in [0.2, 0.25) is 0 Å². The van der Waals surface area contributed by atoms with Crippen molar-refractivity contribution in [2.24, 2.45) is 17.3 Å². The highest BCUT2D eigenvalue weighted by Crippen LogP contribution is 2.69. The maximum absolute atomic E-state index is 14.5. The van der Waals surface area contributed by atoms with Gasteiger partial charge in [0.1, 0.15) is 5.60 Å². The molecular weight excluding hydrogens is 379 g/mol. The number of alkyl halides is 5. The second-order valence-corrected chi connectivity index (χ2v) is 8.87. The first-order valence-electron chi connectivity index (χ1n) is 10.1. The summed E-state index contributed by atoms with van der Waals surface area (Å²) in [5.74, 6) is -5.50. The normalized spacial score (nSPS) is 38.7. The van der Waals surface area contributed by atoms with Crippen molar-refractivity contribution in [2.75, 3.05) is 0 Å². The fourth-order valence-corrected chi connectivity index (χ4v) is 6.81. The van der Waals surface area contributed by atoms with E-state index < -0.39 is 29.5 Å². The van der Waals surface area contributed by atoms with Crippen molar-refractivity contribution in [3.8, 4) is 0 Å². The van der Waals surface area contributed by atoms with Crippen LogP contribution in [0.1, 0.15) is 64.7 Å². The second-order valence-electron chi connectivity index (χ2n) is 8.87. The molecule has 156 valence electrons. The monoisotopic (exact) mass is 404 g/mol. The average Bonchev–Trinajstić information content (AvgIpc) is 2.95. The van der Waals surface area contributed by atoms with Gasteiger partial charge in [0.15, 0.2) is 5.78 Å². The topological polar surface area (TPSA) is 37.3 Å². The largest absolute Gasteiger partial charge is 0.456 e. The third kappa shape index (κ3) is 2.37. The van der Waals surface area contributed by atoms with Crippen LogP contribution in [0.15, 0.2) is 22.8 Å².